The molecule has 0 aromatic carbocycles. The number of ketones is 1. The van der Waals surface area contributed by atoms with Crippen molar-refractivity contribution < 1.29 is 14.3 Å². The minimum absolute atomic E-state index is 0.0784. The second kappa shape index (κ2) is 6.83. The largest absolute Gasteiger partial charge is 0.458 e. The maximum absolute atomic E-state index is 10.8. The number of esters is 1. The number of hydrogen-bond acceptors (Lipinski definition) is 3. The number of carbonyl (C=O) groups is 2. The second-order valence-electron chi connectivity index (χ2n) is 2.82. The number of unbranched alkanes of at least 4 members (excludes halogenated alkanes) is 2. The third-order valence-corrected chi connectivity index (χ3v) is 1.42. The predicted octanol–water partition coefficient (Wildman–Crippen LogP) is 1.70. The molecule has 0 bridgehead atoms. The van der Waals surface area contributed by atoms with E-state index in [0.717, 1.165) is 19.3 Å². The first-order valence-electron chi connectivity index (χ1n) is 4.32. The Morgan fingerprint density at radius 1 is 1.25 bits per heavy atom. The van der Waals surface area contributed by atoms with Gasteiger partial charge in [0.05, 0.1) is 0 Å². The Morgan fingerprint density at radius 3 is 2.42 bits per heavy atom. The van der Waals surface area contributed by atoms with Crippen molar-refractivity contribution in [3.8, 4) is 0 Å². The van der Waals surface area contributed by atoms with Crippen molar-refractivity contribution in [2.75, 3.05) is 6.61 Å². The standard InChI is InChI=1S/C9H16O3/c1-3-4-5-6-9(11)12-7-8(2)10/h3-7H2,1-2H3. The lowest BCUT2D eigenvalue weighted by Gasteiger charge is -2.00. The SMILES string of the molecule is CCCCCC(=O)OCC(C)=O. The van der Waals surface area contributed by atoms with Crippen LogP contribution in [0, 0.1) is 0 Å². The third kappa shape index (κ3) is 7.25. The van der Waals surface area contributed by atoms with Crippen LogP contribution in [0.25, 0.3) is 0 Å². The van der Waals surface area contributed by atoms with E-state index in [-0.39, 0.29) is 18.4 Å². The fourth-order valence-corrected chi connectivity index (χ4v) is 0.774. The van der Waals surface area contributed by atoms with E-state index in [4.69, 9.17) is 0 Å². The van der Waals surface area contributed by atoms with Gasteiger partial charge in [-0.15, -0.1) is 0 Å². The minimum Gasteiger partial charge on any atom is -0.458 e. The van der Waals surface area contributed by atoms with E-state index in [9.17, 15) is 9.59 Å². The van der Waals surface area contributed by atoms with Crippen molar-refractivity contribution in [2.24, 2.45) is 0 Å². The maximum Gasteiger partial charge on any atom is 0.306 e. The number of carbonyl (C=O) groups excluding carboxylic acids is 2. The van der Waals surface area contributed by atoms with Crippen molar-refractivity contribution in [1.82, 2.24) is 0 Å². The Bertz CT molecular complexity index is 152. The van der Waals surface area contributed by atoms with Gasteiger partial charge in [0.25, 0.3) is 0 Å². The van der Waals surface area contributed by atoms with E-state index in [0.29, 0.717) is 6.42 Å². The Balaban J connectivity index is 3.28. The third-order valence-electron chi connectivity index (χ3n) is 1.42. The molecule has 0 aromatic heterocycles. The zero-order valence-electron chi connectivity index (χ0n) is 7.76. The lowest BCUT2D eigenvalue weighted by molar-refractivity contribution is -0.147. The van der Waals surface area contributed by atoms with Crippen LogP contribution in [0.3, 0.4) is 0 Å². The summed E-state index contributed by atoms with van der Waals surface area (Å²) in [6.07, 6.45) is 3.41. The zero-order valence-corrected chi connectivity index (χ0v) is 7.76. The zero-order chi connectivity index (χ0) is 9.40. The molecule has 0 aliphatic carbocycles. The molecular formula is C9H16O3. The molecule has 0 aromatic rings. The fraction of sp³-hybridized carbons (Fsp3) is 0.778. The highest BCUT2D eigenvalue weighted by Gasteiger charge is 2.02. The van der Waals surface area contributed by atoms with Crippen LogP contribution in [0.5, 0.6) is 0 Å². The van der Waals surface area contributed by atoms with Gasteiger partial charge in [-0.25, -0.2) is 0 Å². The highest BCUT2D eigenvalue weighted by atomic mass is 16.5. The van der Waals surface area contributed by atoms with Crippen molar-refractivity contribution in [1.29, 1.82) is 0 Å². The average Bonchev–Trinajstić information content (AvgIpc) is 2.01. The summed E-state index contributed by atoms with van der Waals surface area (Å²) in [6.45, 7) is 3.39. The van der Waals surface area contributed by atoms with Crippen LogP contribution >= 0.6 is 0 Å². The van der Waals surface area contributed by atoms with Crippen LogP contribution in [-0.2, 0) is 14.3 Å². The summed E-state index contributed by atoms with van der Waals surface area (Å²) in [4.78, 5) is 21.2. The normalized spacial score (nSPS) is 9.50. The summed E-state index contributed by atoms with van der Waals surface area (Å²) in [5.74, 6) is -0.377. The number of rotatable bonds is 6. The van der Waals surface area contributed by atoms with Gasteiger partial charge in [0.2, 0.25) is 0 Å². The molecule has 0 heterocycles. The molecule has 0 rings (SSSR count). The maximum atomic E-state index is 10.8. The highest BCUT2D eigenvalue weighted by Crippen LogP contribution is 2.00. The monoisotopic (exact) mass is 172 g/mol. The smallest absolute Gasteiger partial charge is 0.306 e. The molecule has 0 saturated heterocycles. The molecule has 0 aliphatic rings. The molecule has 0 amide bonds. The van der Waals surface area contributed by atoms with Gasteiger partial charge >= 0.3 is 5.97 Å². The fourth-order valence-electron chi connectivity index (χ4n) is 0.774. The van der Waals surface area contributed by atoms with Crippen LogP contribution < -0.4 is 0 Å². The van der Waals surface area contributed by atoms with Gasteiger partial charge in [-0.05, 0) is 13.3 Å². The van der Waals surface area contributed by atoms with Gasteiger partial charge in [0.15, 0.2) is 5.78 Å². The van der Waals surface area contributed by atoms with Crippen molar-refractivity contribution >= 4 is 11.8 Å². The highest BCUT2D eigenvalue weighted by molar-refractivity contribution is 5.80. The van der Waals surface area contributed by atoms with E-state index >= 15 is 0 Å². The van der Waals surface area contributed by atoms with E-state index < -0.39 is 0 Å². The quantitative estimate of drug-likeness (QED) is 0.452. The van der Waals surface area contributed by atoms with E-state index in [1.165, 1.54) is 6.92 Å². The molecule has 0 N–H and O–H groups in total. The van der Waals surface area contributed by atoms with Crippen molar-refractivity contribution in [2.45, 2.75) is 39.5 Å². The van der Waals surface area contributed by atoms with Gasteiger partial charge in [-0.3, -0.25) is 9.59 Å². The lowest BCUT2D eigenvalue weighted by Crippen LogP contribution is -2.10. The van der Waals surface area contributed by atoms with E-state index in [2.05, 4.69) is 11.7 Å². The van der Waals surface area contributed by atoms with Gasteiger partial charge < -0.3 is 4.74 Å². The van der Waals surface area contributed by atoms with Crippen LogP contribution in [0.1, 0.15) is 39.5 Å². The summed E-state index contributed by atoms with van der Waals surface area (Å²) in [5.41, 5.74) is 0. The van der Waals surface area contributed by atoms with Gasteiger partial charge in [-0.2, -0.15) is 0 Å². The first kappa shape index (κ1) is 11.1. The van der Waals surface area contributed by atoms with Gasteiger partial charge in [0.1, 0.15) is 6.61 Å². The molecule has 0 fully saturated rings. The number of ether oxygens (including phenoxy) is 1. The summed E-state index contributed by atoms with van der Waals surface area (Å²) in [7, 11) is 0. The molecule has 0 unspecified atom stereocenters. The molecule has 0 radical (unpaired) electrons. The Labute approximate surface area is 73.1 Å². The average molecular weight is 172 g/mol. The summed E-state index contributed by atoms with van der Waals surface area (Å²) in [6, 6.07) is 0. The molecular weight excluding hydrogens is 156 g/mol. The number of hydrogen-bond donors (Lipinski definition) is 0. The Hall–Kier alpha value is -0.860. The van der Waals surface area contributed by atoms with Crippen LogP contribution in [0.4, 0.5) is 0 Å². The summed E-state index contributed by atoms with van der Waals surface area (Å²) >= 11 is 0. The molecule has 70 valence electrons. The first-order chi connectivity index (χ1) is 5.66. The topological polar surface area (TPSA) is 43.4 Å². The van der Waals surface area contributed by atoms with Gasteiger partial charge in [-0.1, -0.05) is 19.8 Å². The molecule has 0 spiro atoms. The van der Waals surface area contributed by atoms with E-state index in [1.54, 1.807) is 0 Å². The molecule has 0 atom stereocenters. The van der Waals surface area contributed by atoms with Gasteiger partial charge in [0, 0.05) is 6.42 Å². The van der Waals surface area contributed by atoms with E-state index in [1.807, 2.05) is 0 Å². The molecule has 0 saturated carbocycles. The summed E-state index contributed by atoms with van der Waals surface area (Å²) < 4.78 is 4.66. The lowest BCUT2D eigenvalue weighted by atomic mass is 10.2. The summed E-state index contributed by atoms with van der Waals surface area (Å²) in [5, 5.41) is 0. The van der Waals surface area contributed by atoms with Crippen LogP contribution in [0.15, 0.2) is 0 Å². The predicted molar refractivity (Wildman–Crippen MR) is 45.8 cm³/mol. The molecule has 3 heteroatoms. The van der Waals surface area contributed by atoms with Crippen LogP contribution in [-0.4, -0.2) is 18.4 Å². The van der Waals surface area contributed by atoms with Crippen molar-refractivity contribution in [3.63, 3.8) is 0 Å². The number of Topliss-reactive ketones (excluding diaryl/α,β-unsaturated/α-hetero) is 1. The molecule has 0 aliphatic heterocycles. The van der Waals surface area contributed by atoms with Crippen LogP contribution in [0.2, 0.25) is 0 Å². The Kier molecular flexibility index (Phi) is 6.34. The van der Waals surface area contributed by atoms with Crippen molar-refractivity contribution in [3.05, 3.63) is 0 Å². The second-order valence-corrected chi connectivity index (χ2v) is 2.82. The minimum atomic E-state index is -0.265. The Morgan fingerprint density at radius 2 is 1.92 bits per heavy atom. The molecule has 3 nitrogen and oxygen atoms in total. The molecule has 12 heavy (non-hydrogen) atoms. The first-order valence-corrected chi connectivity index (χ1v) is 4.32.